The van der Waals surface area contributed by atoms with E-state index in [0.717, 1.165) is 38.5 Å². The molecule has 16 heavy (non-hydrogen) atoms. The summed E-state index contributed by atoms with van der Waals surface area (Å²) in [6, 6.07) is 3.45. The molecule has 2 heterocycles. The van der Waals surface area contributed by atoms with Crippen molar-refractivity contribution in [2.45, 2.75) is 6.54 Å². The number of piperazine rings is 1. The summed E-state index contributed by atoms with van der Waals surface area (Å²) in [5.41, 5.74) is 5.13. The summed E-state index contributed by atoms with van der Waals surface area (Å²) in [5, 5.41) is 0. The van der Waals surface area contributed by atoms with E-state index in [0.29, 0.717) is 0 Å². The average molecular weight is 223 g/mol. The van der Waals surface area contributed by atoms with E-state index in [-0.39, 0.29) is 5.76 Å². The minimum Gasteiger partial charge on any atom is -0.455 e. The van der Waals surface area contributed by atoms with Crippen LogP contribution in [0.4, 0.5) is 0 Å². The average Bonchev–Trinajstić information content (AvgIpc) is 2.70. The summed E-state index contributed by atoms with van der Waals surface area (Å²) in [6.45, 7) is 4.96. The highest BCUT2D eigenvalue weighted by molar-refractivity contribution is 5.89. The fourth-order valence-electron chi connectivity index (χ4n) is 1.82. The first-order valence-corrected chi connectivity index (χ1v) is 5.44. The van der Waals surface area contributed by atoms with Crippen molar-refractivity contribution in [1.82, 2.24) is 9.80 Å². The first-order valence-electron chi connectivity index (χ1n) is 5.44. The van der Waals surface area contributed by atoms with E-state index in [4.69, 9.17) is 10.2 Å². The molecule has 0 aromatic carbocycles. The maximum absolute atomic E-state index is 10.9. The fraction of sp³-hybridized carbons (Fsp3) is 0.545. The molecule has 0 atom stereocenters. The molecule has 88 valence electrons. The Kier molecular flexibility index (Phi) is 3.26. The predicted molar refractivity (Wildman–Crippen MR) is 60.0 cm³/mol. The summed E-state index contributed by atoms with van der Waals surface area (Å²) < 4.78 is 5.34. The van der Waals surface area contributed by atoms with Crippen molar-refractivity contribution in [3.05, 3.63) is 23.7 Å². The lowest BCUT2D eigenvalue weighted by molar-refractivity contribution is 0.0966. The predicted octanol–water partition coefficient (Wildman–Crippen LogP) is 0.126. The number of rotatable bonds is 3. The van der Waals surface area contributed by atoms with E-state index >= 15 is 0 Å². The molecule has 1 aromatic rings. The first kappa shape index (κ1) is 11.2. The Morgan fingerprint density at radius 3 is 2.62 bits per heavy atom. The molecule has 0 unspecified atom stereocenters. The lowest BCUT2D eigenvalue weighted by atomic mass is 10.3. The monoisotopic (exact) mass is 223 g/mol. The Hall–Kier alpha value is -1.33. The number of carbonyl (C=O) groups excluding carboxylic acids is 1. The standard InChI is InChI=1S/C11H17N3O2/c1-13-4-6-14(7-5-13)8-9-2-3-10(16-9)11(12)15/h2-3H,4-8H2,1H3,(H2,12,15). The van der Waals surface area contributed by atoms with Gasteiger partial charge in [-0.1, -0.05) is 0 Å². The topological polar surface area (TPSA) is 62.7 Å². The number of carbonyl (C=O) groups is 1. The molecule has 2 rings (SSSR count). The zero-order chi connectivity index (χ0) is 11.5. The molecule has 1 aliphatic heterocycles. The quantitative estimate of drug-likeness (QED) is 0.791. The number of amides is 1. The minimum atomic E-state index is -0.510. The van der Waals surface area contributed by atoms with E-state index in [2.05, 4.69) is 16.8 Å². The molecule has 1 saturated heterocycles. The van der Waals surface area contributed by atoms with Gasteiger partial charge in [-0.3, -0.25) is 9.69 Å². The van der Waals surface area contributed by atoms with Crippen LogP contribution in [0.3, 0.4) is 0 Å². The van der Waals surface area contributed by atoms with Crippen LogP contribution in [0.15, 0.2) is 16.5 Å². The van der Waals surface area contributed by atoms with Gasteiger partial charge in [-0.05, 0) is 19.2 Å². The highest BCUT2D eigenvalue weighted by Crippen LogP contribution is 2.11. The number of nitrogens with zero attached hydrogens (tertiary/aromatic N) is 2. The van der Waals surface area contributed by atoms with Crippen molar-refractivity contribution in [3.63, 3.8) is 0 Å². The molecule has 0 saturated carbocycles. The van der Waals surface area contributed by atoms with Crippen molar-refractivity contribution < 1.29 is 9.21 Å². The second-order valence-corrected chi connectivity index (χ2v) is 4.21. The fourth-order valence-corrected chi connectivity index (χ4v) is 1.82. The number of likely N-dealkylation sites (N-methyl/N-ethyl adjacent to an activating group) is 1. The van der Waals surface area contributed by atoms with Crippen molar-refractivity contribution in [2.75, 3.05) is 33.2 Å². The number of furan rings is 1. The van der Waals surface area contributed by atoms with Crippen LogP contribution in [0.5, 0.6) is 0 Å². The second kappa shape index (κ2) is 4.67. The maximum atomic E-state index is 10.9. The molecular weight excluding hydrogens is 206 g/mol. The molecule has 5 heteroatoms. The Labute approximate surface area is 94.8 Å². The molecule has 1 amide bonds. The van der Waals surface area contributed by atoms with Crippen LogP contribution in [0.1, 0.15) is 16.3 Å². The smallest absolute Gasteiger partial charge is 0.284 e. The third-order valence-electron chi connectivity index (χ3n) is 2.88. The summed E-state index contributed by atoms with van der Waals surface area (Å²) >= 11 is 0. The van der Waals surface area contributed by atoms with E-state index < -0.39 is 5.91 Å². The molecule has 0 radical (unpaired) electrons. The molecular formula is C11H17N3O2. The van der Waals surface area contributed by atoms with E-state index in [9.17, 15) is 4.79 Å². The molecule has 2 N–H and O–H groups in total. The highest BCUT2D eigenvalue weighted by atomic mass is 16.4. The van der Waals surface area contributed by atoms with Crippen molar-refractivity contribution in [1.29, 1.82) is 0 Å². The van der Waals surface area contributed by atoms with Crippen molar-refractivity contribution in [3.8, 4) is 0 Å². The van der Waals surface area contributed by atoms with Crippen LogP contribution < -0.4 is 5.73 Å². The van der Waals surface area contributed by atoms with Gasteiger partial charge in [0.05, 0.1) is 6.54 Å². The molecule has 1 aromatic heterocycles. The zero-order valence-corrected chi connectivity index (χ0v) is 9.48. The molecule has 0 spiro atoms. The van der Waals surface area contributed by atoms with Gasteiger partial charge in [-0.15, -0.1) is 0 Å². The van der Waals surface area contributed by atoms with Crippen LogP contribution in [0.2, 0.25) is 0 Å². The number of nitrogens with two attached hydrogens (primary N) is 1. The zero-order valence-electron chi connectivity index (χ0n) is 9.48. The molecule has 0 bridgehead atoms. The lowest BCUT2D eigenvalue weighted by Gasteiger charge is -2.31. The van der Waals surface area contributed by atoms with Gasteiger partial charge in [0.25, 0.3) is 5.91 Å². The van der Waals surface area contributed by atoms with Crippen molar-refractivity contribution >= 4 is 5.91 Å². The summed E-state index contributed by atoms with van der Waals surface area (Å²) in [4.78, 5) is 15.5. The van der Waals surface area contributed by atoms with Crippen molar-refractivity contribution in [2.24, 2.45) is 5.73 Å². The van der Waals surface area contributed by atoms with Crippen LogP contribution in [0, 0.1) is 0 Å². The normalized spacial score (nSPS) is 18.8. The molecule has 0 aliphatic carbocycles. The van der Waals surface area contributed by atoms with Gasteiger partial charge >= 0.3 is 0 Å². The highest BCUT2D eigenvalue weighted by Gasteiger charge is 2.16. The largest absolute Gasteiger partial charge is 0.455 e. The van der Waals surface area contributed by atoms with Gasteiger partial charge in [-0.2, -0.15) is 0 Å². The third-order valence-corrected chi connectivity index (χ3v) is 2.88. The van der Waals surface area contributed by atoms with Crippen LogP contribution in [0.25, 0.3) is 0 Å². The molecule has 1 aliphatic rings. The van der Waals surface area contributed by atoms with Crippen LogP contribution in [-0.4, -0.2) is 48.9 Å². The SMILES string of the molecule is CN1CCN(Cc2ccc(C(N)=O)o2)CC1. The summed E-state index contributed by atoms with van der Waals surface area (Å²) in [7, 11) is 2.12. The van der Waals surface area contributed by atoms with Gasteiger partial charge in [0.1, 0.15) is 5.76 Å². The van der Waals surface area contributed by atoms with Gasteiger partial charge < -0.3 is 15.1 Å². The minimum absolute atomic E-state index is 0.240. The Bertz CT molecular complexity index is 367. The molecule has 1 fully saturated rings. The van der Waals surface area contributed by atoms with Crippen LogP contribution in [-0.2, 0) is 6.54 Å². The maximum Gasteiger partial charge on any atom is 0.284 e. The lowest BCUT2D eigenvalue weighted by Crippen LogP contribution is -2.43. The first-order chi connectivity index (χ1) is 7.65. The Morgan fingerprint density at radius 1 is 1.38 bits per heavy atom. The van der Waals surface area contributed by atoms with Gasteiger partial charge in [0, 0.05) is 26.2 Å². The van der Waals surface area contributed by atoms with Crippen LogP contribution >= 0.6 is 0 Å². The van der Waals surface area contributed by atoms with Gasteiger partial charge in [-0.25, -0.2) is 0 Å². The Balaban J connectivity index is 1.91. The van der Waals surface area contributed by atoms with E-state index in [1.807, 2.05) is 6.07 Å². The second-order valence-electron chi connectivity index (χ2n) is 4.21. The summed E-state index contributed by atoms with van der Waals surface area (Å²) in [6.07, 6.45) is 0. The number of hydrogen-bond acceptors (Lipinski definition) is 4. The number of primary amides is 1. The van der Waals surface area contributed by atoms with E-state index in [1.54, 1.807) is 6.07 Å². The van der Waals surface area contributed by atoms with E-state index in [1.165, 1.54) is 0 Å². The van der Waals surface area contributed by atoms with Gasteiger partial charge in [0.2, 0.25) is 0 Å². The third kappa shape index (κ3) is 2.62. The summed E-state index contributed by atoms with van der Waals surface area (Å²) in [5.74, 6) is 0.534. The van der Waals surface area contributed by atoms with Gasteiger partial charge in [0.15, 0.2) is 5.76 Å². The number of hydrogen-bond donors (Lipinski definition) is 1. The Morgan fingerprint density at radius 2 is 2.06 bits per heavy atom. The molecule has 5 nitrogen and oxygen atoms in total.